The number of urea groups is 1. The van der Waals surface area contributed by atoms with Crippen molar-refractivity contribution < 1.29 is 14.7 Å². The summed E-state index contributed by atoms with van der Waals surface area (Å²) < 4.78 is 0. The first kappa shape index (κ1) is 18.5. The van der Waals surface area contributed by atoms with Crippen LogP contribution >= 0.6 is 23.2 Å². The van der Waals surface area contributed by atoms with Gasteiger partial charge in [0.2, 0.25) is 0 Å². The molecule has 0 aromatic heterocycles. The SMILES string of the molecule is NC(=O)N(c1cc(Cl)cc(Cl)c1-c1ccccc1)C1(C(=O)O)CCCC1. The lowest BCUT2D eigenvalue weighted by Gasteiger charge is -2.38. The van der Waals surface area contributed by atoms with E-state index in [1.165, 1.54) is 0 Å². The van der Waals surface area contributed by atoms with Crippen molar-refractivity contribution in [2.24, 2.45) is 5.73 Å². The van der Waals surface area contributed by atoms with E-state index in [0.717, 1.165) is 10.5 Å². The lowest BCUT2D eigenvalue weighted by molar-refractivity contribution is -0.143. The van der Waals surface area contributed by atoms with Gasteiger partial charge in [0.1, 0.15) is 5.54 Å². The number of nitrogens with two attached hydrogens (primary N) is 1. The van der Waals surface area contributed by atoms with Gasteiger partial charge in [-0.05, 0) is 30.5 Å². The van der Waals surface area contributed by atoms with Crippen molar-refractivity contribution in [3.8, 4) is 11.1 Å². The highest BCUT2D eigenvalue weighted by Gasteiger charge is 2.49. The van der Waals surface area contributed by atoms with Gasteiger partial charge in [0.15, 0.2) is 0 Å². The zero-order chi connectivity index (χ0) is 18.9. The lowest BCUT2D eigenvalue weighted by atomic mass is 9.92. The maximum Gasteiger partial charge on any atom is 0.330 e. The Hall–Kier alpha value is -2.24. The van der Waals surface area contributed by atoms with Crippen molar-refractivity contribution in [3.05, 3.63) is 52.5 Å². The van der Waals surface area contributed by atoms with E-state index in [9.17, 15) is 14.7 Å². The first-order valence-electron chi connectivity index (χ1n) is 8.24. The number of nitrogens with zero attached hydrogens (tertiary/aromatic N) is 1. The van der Waals surface area contributed by atoms with Crippen molar-refractivity contribution in [3.63, 3.8) is 0 Å². The van der Waals surface area contributed by atoms with Crippen LogP contribution in [0.5, 0.6) is 0 Å². The third-order valence-corrected chi connectivity index (χ3v) is 5.33. The summed E-state index contributed by atoms with van der Waals surface area (Å²) in [6, 6.07) is 11.5. The Bertz CT molecular complexity index is 849. The topological polar surface area (TPSA) is 83.6 Å². The van der Waals surface area contributed by atoms with Crippen molar-refractivity contribution in [2.75, 3.05) is 4.90 Å². The van der Waals surface area contributed by atoms with E-state index in [1.54, 1.807) is 12.1 Å². The van der Waals surface area contributed by atoms with Gasteiger partial charge in [0.05, 0.1) is 10.7 Å². The first-order chi connectivity index (χ1) is 12.4. The maximum absolute atomic E-state index is 12.4. The molecule has 0 atom stereocenters. The molecule has 0 heterocycles. The molecule has 1 aliphatic rings. The molecule has 0 saturated heterocycles. The van der Waals surface area contributed by atoms with E-state index in [0.29, 0.717) is 47.0 Å². The number of carbonyl (C=O) groups excluding carboxylic acids is 1. The number of hydrogen-bond acceptors (Lipinski definition) is 2. The van der Waals surface area contributed by atoms with E-state index in [-0.39, 0.29) is 0 Å². The molecule has 1 fully saturated rings. The number of carbonyl (C=O) groups is 2. The highest BCUT2D eigenvalue weighted by atomic mass is 35.5. The van der Waals surface area contributed by atoms with E-state index in [4.69, 9.17) is 28.9 Å². The molecule has 0 bridgehead atoms. The number of rotatable bonds is 4. The van der Waals surface area contributed by atoms with Gasteiger partial charge >= 0.3 is 12.0 Å². The summed E-state index contributed by atoms with van der Waals surface area (Å²) in [5, 5.41) is 10.6. The molecule has 1 saturated carbocycles. The Morgan fingerprint density at radius 1 is 1.08 bits per heavy atom. The normalized spacial score (nSPS) is 15.6. The second kappa shape index (κ2) is 7.17. The molecule has 0 aliphatic heterocycles. The summed E-state index contributed by atoms with van der Waals surface area (Å²) in [7, 11) is 0. The second-order valence-corrected chi connectivity index (χ2v) is 7.21. The van der Waals surface area contributed by atoms with Gasteiger partial charge in [-0.25, -0.2) is 9.59 Å². The van der Waals surface area contributed by atoms with Crippen LogP contribution in [0.3, 0.4) is 0 Å². The average molecular weight is 393 g/mol. The third kappa shape index (κ3) is 3.13. The molecule has 26 heavy (non-hydrogen) atoms. The van der Waals surface area contributed by atoms with Crippen molar-refractivity contribution in [1.82, 2.24) is 0 Å². The fourth-order valence-corrected chi connectivity index (χ4v) is 4.27. The molecular formula is C19H18Cl2N2O3. The predicted molar refractivity (Wildman–Crippen MR) is 103 cm³/mol. The zero-order valence-corrected chi connectivity index (χ0v) is 15.4. The molecule has 0 spiro atoms. The maximum atomic E-state index is 12.4. The second-order valence-electron chi connectivity index (χ2n) is 6.37. The standard InChI is InChI=1S/C19H18Cl2N2O3/c20-13-10-14(21)16(12-6-2-1-3-7-12)15(11-13)23(18(22)26)19(17(24)25)8-4-5-9-19/h1-3,6-7,10-11H,4-5,8-9H2,(H2,22,26)(H,24,25). The smallest absolute Gasteiger partial charge is 0.330 e. The minimum absolute atomic E-state index is 0.300. The van der Waals surface area contributed by atoms with Crippen molar-refractivity contribution in [2.45, 2.75) is 31.2 Å². The number of anilines is 1. The van der Waals surface area contributed by atoms with Crippen LogP contribution in [-0.4, -0.2) is 22.6 Å². The first-order valence-corrected chi connectivity index (χ1v) is 9.00. The summed E-state index contributed by atoms with van der Waals surface area (Å²) in [6.07, 6.45) is 2.05. The highest BCUT2D eigenvalue weighted by molar-refractivity contribution is 6.37. The van der Waals surface area contributed by atoms with Crippen LogP contribution < -0.4 is 10.6 Å². The van der Waals surface area contributed by atoms with Gasteiger partial charge in [-0.15, -0.1) is 0 Å². The summed E-state index contributed by atoms with van der Waals surface area (Å²) in [5.74, 6) is -1.08. The number of benzene rings is 2. The molecule has 2 amide bonds. The molecule has 7 heteroatoms. The number of carboxylic acid groups (broad SMARTS) is 1. The fraction of sp³-hybridized carbons (Fsp3) is 0.263. The molecule has 136 valence electrons. The van der Waals surface area contributed by atoms with Gasteiger partial charge in [-0.2, -0.15) is 0 Å². The minimum atomic E-state index is -1.40. The molecular weight excluding hydrogens is 375 g/mol. The molecule has 0 unspecified atom stereocenters. The minimum Gasteiger partial charge on any atom is -0.479 e. The molecule has 3 N–H and O–H groups in total. The Balaban J connectivity index is 2.29. The predicted octanol–water partition coefficient (Wildman–Crippen LogP) is 4.94. The van der Waals surface area contributed by atoms with Crippen LogP contribution in [0.15, 0.2) is 42.5 Å². The number of carboxylic acids is 1. The van der Waals surface area contributed by atoms with Crippen LogP contribution in [0.2, 0.25) is 10.0 Å². The summed E-state index contributed by atoms with van der Waals surface area (Å²) in [4.78, 5) is 25.7. The molecule has 1 aliphatic carbocycles. The summed E-state index contributed by atoms with van der Waals surface area (Å²) >= 11 is 12.6. The van der Waals surface area contributed by atoms with E-state index in [1.807, 2.05) is 30.3 Å². The van der Waals surface area contributed by atoms with E-state index >= 15 is 0 Å². The Morgan fingerprint density at radius 2 is 1.69 bits per heavy atom. The van der Waals surface area contributed by atoms with Gasteiger partial charge in [-0.1, -0.05) is 66.4 Å². The number of halogens is 2. The van der Waals surface area contributed by atoms with Crippen LogP contribution in [0, 0.1) is 0 Å². The van der Waals surface area contributed by atoms with Crippen LogP contribution in [0.4, 0.5) is 10.5 Å². The Kier molecular flexibility index (Phi) is 5.12. The number of amides is 2. The quantitative estimate of drug-likeness (QED) is 0.772. The third-order valence-electron chi connectivity index (χ3n) is 4.81. The van der Waals surface area contributed by atoms with E-state index < -0.39 is 17.5 Å². The van der Waals surface area contributed by atoms with Crippen molar-refractivity contribution in [1.29, 1.82) is 0 Å². The molecule has 2 aromatic rings. The average Bonchev–Trinajstić information content (AvgIpc) is 3.06. The van der Waals surface area contributed by atoms with Crippen molar-refractivity contribution >= 4 is 40.9 Å². The highest BCUT2D eigenvalue weighted by Crippen LogP contribution is 2.45. The number of aliphatic carboxylic acids is 1. The van der Waals surface area contributed by atoms with Gasteiger partial charge in [0, 0.05) is 10.6 Å². The zero-order valence-electron chi connectivity index (χ0n) is 13.9. The van der Waals surface area contributed by atoms with Crippen LogP contribution in [0.1, 0.15) is 25.7 Å². The van der Waals surface area contributed by atoms with Gasteiger partial charge in [-0.3, -0.25) is 4.90 Å². The molecule has 0 radical (unpaired) electrons. The van der Waals surface area contributed by atoms with E-state index in [2.05, 4.69) is 0 Å². The molecule has 5 nitrogen and oxygen atoms in total. The molecule has 3 rings (SSSR count). The van der Waals surface area contributed by atoms with Crippen LogP contribution in [-0.2, 0) is 4.79 Å². The number of hydrogen-bond donors (Lipinski definition) is 2. The largest absolute Gasteiger partial charge is 0.479 e. The summed E-state index contributed by atoms with van der Waals surface area (Å²) in [5.41, 5.74) is 5.84. The molecule has 2 aromatic carbocycles. The number of primary amides is 1. The lowest BCUT2D eigenvalue weighted by Crippen LogP contribution is -2.58. The van der Waals surface area contributed by atoms with Gasteiger partial charge in [0.25, 0.3) is 0 Å². The Labute approximate surface area is 161 Å². The monoisotopic (exact) mass is 392 g/mol. The van der Waals surface area contributed by atoms with Crippen LogP contribution in [0.25, 0.3) is 11.1 Å². The van der Waals surface area contributed by atoms with Gasteiger partial charge < -0.3 is 10.8 Å². The fourth-order valence-electron chi connectivity index (χ4n) is 3.68. The Morgan fingerprint density at radius 3 is 2.23 bits per heavy atom. The summed E-state index contributed by atoms with van der Waals surface area (Å²) in [6.45, 7) is 0.